The van der Waals surface area contributed by atoms with E-state index in [0.717, 1.165) is 11.1 Å². The van der Waals surface area contributed by atoms with Gasteiger partial charge in [-0.15, -0.1) is 0 Å². The van der Waals surface area contributed by atoms with Gasteiger partial charge in [-0.3, -0.25) is 20.2 Å². The van der Waals surface area contributed by atoms with Gasteiger partial charge in [0.05, 0.1) is 16.5 Å². The minimum Gasteiger partial charge on any atom is -0.392 e. The molecular formula is C17H17N3O5. The van der Waals surface area contributed by atoms with E-state index in [1.54, 1.807) is 4.90 Å². The van der Waals surface area contributed by atoms with E-state index in [2.05, 4.69) is 0 Å². The summed E-state index contributed by atoms with van der Waals surface area (Å²) in [5.41, 5.74) is 1.96. The molecule has 2 aromatic rings. The summed E-state index contributed by atoms with van der Waals surface area (Å²) in [4.78, 5) is 23.7. The number of benzene rings is 2. The van der Waals surface area contributed by atoms with Crippen LogP contribution in [0.5, 0.6) is 0 Å². The molecule has 0 bridgehead atoms. The Kier molecular flexibility index (Phi) is 4.37. The van der Waals surface area contributed by atoms with Gasteiger partial charge in [-0.2, -0.15) is 0 Å². The Morgan fingerprint density at radius 3 is 2.44 bits per heavy atom. The summed E-state index contributed by atoms with van der Waals surface area (Å²) in [6, 6.07) is 8.97. The van der Waals surface area contributed by atoms with Crippen molar-refractivity contribution in [1.82, 2.24) is 0 Å². The quantitative estimate of drug-likeness (QED) is 0.675. The van der Waals surface area contributed by atoms with Crippen molar-refractivity contribution in [1.29, 1.82) is 0 Å². The van der Waals surface area contributed by atoms with Crippen LogP contribution in [0.25, 0.3) is 0 Å². The van der Waals surface area contributed by atoms with Gasteiger partial charge in [0.1, 0.15) is 0 Å². The maximum absolute atomic E-state index is 11.6. The van der Waals surface area contributed by atoms with Crippen LogP contribution in [-0.4, -0.2) is 21.5 Å². The van der Waals surface area contributed by atoms with Gasteiger partial charge < -0.3 is 10.0 Å². The third-order valence-electron chi connectivity index (χ3n) is 4.61. The van der Waals surface area contributed by atoms with Gasteiger partial charge in [0.25, 0.3) is 5.69 Å². The lowest BCUT2D eigenvalue weighted by molar-refractivity contribution is -0.393. The van der Waals surface area contributed by atoms with Gasteiger partial charge in [-0.1, -0.05) is 24.3 Å². The molecule has 1 aliphatic rings. The molecule has 0 radical (unpaired) electrons. The molecule has 8 nitrogen and oxygen atoms in total. The summed E-state index contributed by atoms with van der Waals surface area (Å²) in [6.45, 7) is 1.85. The Labute approximate surface area is 143 Å². The highest BCUT2D eigenvalue weighted by atomic mass is 16.6. The number of nitro benzene ring substituents is 2. The minimum atomic E-state index is -0.624. The third kappa shape index (κ3) is 2.91. The molecular weight excluding hydrogens is 326 g/mol. The van der Waals surface area contributed by atoms with Crippen LogP contribution in [0.4, 0.5) is 17.1 Å². The summed E-state index contributed by atoms with van der Waals surface area (Å²) in [7, 11) is 0. The molecule has 2 aromatic carbocycles. The number of rotatable bonds is 4. The zero-order valence-electron chi connectivity index (χ0n) is 13.6. The summed E-state index contributed by atoms with van der Waals surface area (Å²) in [5.74, 6) is 0. The Bertz CT molecular complexity index is 866. The predicted octanol–water partition coefficient (Wildman–Crippen LogP) is 2.87. The molecule has 0 aromatic heterocycles. The molecule has 0 amide bonds. The molecule has 25 heavy (non-hydrogen) atoms. The van der Waals surface area contributed by atoms with Crippen LogP contribution in [0.1, 0.15) is 22.3 Å². The van der Waals surface area contributed by atoms with E-state index >= 15 is 0 Å². The summed E-state index contributed by atoms with van der Waals surface area (Å²) in [5, 5.41) is 32.6. The number of anilines is 1. The average Bonchev–Trinajstić information content (AvgIpc) is 2.60. The lowest BCUT2D eigenvalue weighted by Crippen LogP contribution is -2.31. The molecule has 0 aliphatic carbocycles. The van der Waals surface area contributed by atoms with E-state index in [1.165, 1.54) is 13.0 Å². The van der Waals surface area contributed by atoms with Crippen molar-refractivity contribution in [2.45, 2.75) is 26.5 Å². The Morgan fingerprint density at radius 2 is 1.84 bits per heavy atom. The lowest BCUT2D eigenvalue weighted by Gasteiger charge is -2.30. The van der Waals surface area contributed by atoms with Gasteiger partial charge in [0.2, 0.25) is 0 Å². The van der Waals surface area contributed by atoms with E-state index in [4.69, 9.17) is 0 Å². The topological polar surface area (TPSA) is 110 Å². The van der Waals surface area contributed by atoms with Crippen LogP contribution in [0, 0.1) is 27.2 Å². The fourth-order valence-electron chi connectivity index (χ4n) is 3.32. The standard InChI is InChI=1S/C17H17N3O5/c1-11-14(10-21)8-15(19(22)23)17(16(11)20(24)25)18-7-6-12-4-2-3-5-13(12)9-18/h2-5,8,21H,6-7,9-10H2,1H3. The van der Waals surface area contributed by atoms with E-state index < -0.39 is 16.5 Å². The van der Waals surface area contributed by atoms with Crippen molar-refractivity contribution in [2.75, 3.05) is 11.4 Å². The molecule has 8 heteroatoms. The van der Waals surface area contributed by atoms with E-state index in [1.807, 2.05) is 24.3 Å². The van der Waals surface area contributed by atoms with Crippen molar-refractivity contribution in [2.24, 2.45) is 0 Å². The SMILES string of the molecule is Cc1c(CO)cc([N+](=O)[O-])c(N2CCc3ccccc3C2)c1[N+](=O)[O-]. The number of aliphatic hydroxyl groups is 1. The Hall–Kier alpha value is -3.00. The first kappa shape index (κ1) is 16.8. The molecule has 0 atom stereocenters. The molecule has 0 saturated carbocycles. The molecule has 0 unspecified atom stereocenters. The van der Waals surface area contributed by atoms with Crippen molar-refractivity contribution in [3.63, 3.8) is 0 Å². The molecule has 1 aliphatic heterocycles. The monoisotopic (exact) mass is 343 g/mol. The number of nitrogens with zero attached hydrogens (tertiary/aromatic N) is 3. The minimum absolute atomic E-state index is 0.0132. The van der Waals surface area contributed by atoms with Gasteiger partial charge in [0, 0.05) is 24.7 Å². The van der Waals surface area contributed by atoms with Crippen LogP contribution >= 0.6 is 0 Å². The number of hydrogen-bond acceptors (Lipinski definition) is 6. The number of hydrogen-bond donors (Lipinski definition) is 1. The van der Waals surface area contributed by atoms with Crippen molar-refractivity contribution in [3.8, 4) is 0 Å². The van der Waals surface area contributed by atoms with Crippen LogP contribution in [0.15, 0.2) is 30.3 Å². The van der Waals surface area contributed by atoms with Crippen molar-refractivity contribution < 1.29 is 15.0 Å². The zero-order chi connectivity index (χ0) is 18.1. The highest BCUT2D eigenvalue weighted by molar-refractivity contribution is 5.79. The van der Waals surface area contributed by atoms with Crippen LogP contribution in [-0.2, 0) is 19.6 Å². The molecule has 0 saturated heterocycles. The van der Waals surface area contributed by atoms with Crippen LogP contribution in [0.3, 0.4) is 0 Å². The Morgan fingerprint density at radius 1 is 1.16 bits per heavy atom. The first-order valence-corrected chi connectivity index (χ1v) is 7.82. The summed E-state index contributed by atoms with van der Waals surface area (Å²) < 4.78 is 0. The normalized spacial score (nSPS) is 13.4. The Balaban J connectivity index is 2.19. The lowest BCUT2D eigenvalue weighted by atomic mass is 9.97. The number of aliphatic hydroxyl groups excluding tert-OH is 1. The second kappa shape index (κ2) is 6.48. The highest BCUT2D eigenvalue weighted by Crippen LogP contribution is 2.43. The summed E-state index contributed by atoms with van der Waals surface area (Å²) >= 11 is 0. The highest BCUT2D eigenvalue weighted by Gasteiger charge is 2.35. The fraction of sp³-hybridized carbons (Fsp3) is 0.294. The summed E-state index contributed by atoms with van der Waals surface area (Å²) in [6.07, 6.45) is 0.658. The van der Waals surface area contributed by atoms with Crippen molar-refractivity contribution in [3.05, 3.63) is 72.8 Å². The number of nitro groups is 2. The predicted molar refractivity (Wildman–Crippen MR) is 91.6 cm³/mol. The van der Waals surface area contributed by atoms with Crippen molar-refractivity contribution >= 4 is 17.1 Å². The van der Waals surface area contributed by atoms with Gasteiger partial charge in [-0.25, -0.2) is 0 Å². The molecule has 0 fully saturated rings. The van der Waals surface area contributed by atoms with E-state index in [0.29, 0.717) is 19.5 Å². The third-order valence-corrected chi connectivity index (χ3v) is 4.61. The molecule has 0 spiro atoms. The fourth-order valence-corrected chi connectivity index (χ4v) is 3.32. The maximum atomic E-state index is 11.6. The van der Waals surface area contributed by atoms with Crippen LogP contribution < -0.4 is 4.90 Å². The molecule has 3 rings (SSSR count). The number of fused-ring (bicyclic) bond motifs is 1. The van der Waals surface area contributed by atoms with E-state index in [-0.39, 0.29) is 28.2 Å². The average molecular weight is 343 g/mol. The largest absolute Gasteiger partial charge is 0.392 e. The van der Waals surface area contributed by atoms with Crippen LogP contribution in [0.2, 0.25) is 0 Å². The molecule has 1 N–H and O–H groups in total. The molecule has 1 heterocycles. The van der Waals surface area contributed by atoms with Gasteiger partial charge >= 0.3 is 5.69 Å². The van der Waals surface area contributed by atoms with Gasteiger partial charge in [0.15, 0.2) is 5.69 Å². The molecule has 130 valence electrons. The maximum Gasteiger partial charge on any atom is 0.302 e. The first-order chi connectivity index (χ1) is 11.9. The second-order valence-electron chi connectivity index (χ2n) is 5.99. The zero-order valence-corrected chi connectivity index (χ0v) is 13.6. The smallest absolute Gasteiger partial charge is 0.302 e. The van der Waals surface area contributed by atoms with E-state index in [9.17, 15) is 25.3 Å². The second-order valence-corrected chi connectivity index (χ2v) is 5.99. The van der Waals surface area contributed by atoms with Gasteiger partial charge in [-0.05, 0) is 30.0 Å². The first-order valence-electron chi connectivity index (χ1n) is 7.82.